The van der Waals surface area contributed by atoms with Crippen LogP contribution in [-0.2, 0) is 41.1 Å². The first kappa shape index (κ1) is 19.5. The highest BCUT2D eigenvalue weighted by molar-refractivity contribution is 7.91. The van der Waals surface area contributed by atoms with Gasteiger partial charge in [-0.3, -0.25) is 0 Å². The van der Waals surface area contributed by atoms with Gasteiger partial charge >= 0.3 is 6.03 Å². The largest absolute Gasteiger partial charge is 0.474 e. The van der Waals surface area contributed by atoms with Gasteiger partial charge < -0.3 is 10.1 Å². The topological polar surface area (TPSA) is 112 Å². The zero-order valence-corrected chi connectivity index (χ0v) is 17.7. The molecule has 8 nitrogen and oxygen atoms in total. The number of nitrogens with one attached hydrogen (secondary N) is 1. The third-order valence-electron chi connectivity index (χ3n) is 6.06. The van der Waals surface area contributed by atoms with Gasteiger partial charge in [0, 0.05) is 18.5 Å². The van der Waals surface area contributed by atoms with E-state index in [9.17, 15) is 13.4 Å². The molecule has 0 radical (unpaired) electrons. The lowest BCUT2D eigenvalue weighted by Gasteiger charge is -2.15. The van der Waals surface area contributed by atoms with Crippen molar-refractivity contribution in [3.05, 3.63) is 34.5 Å². The number of hydrogen-bond donors (Lipinski definition) is 2. The monoisotopic (exact) mass is 433 g/mol. The third kappa shape index (κ3) is 3.01. The highest BCUT2D eigenvalue weighted by Crippen LogP contribution is 2.40. The van der Waals surface area contributed by atoms with Crippen LogP contribution in [0.25, 0.3) is 0 Å². The molecule has 0 saturated carbocycles. The van der Waals surface area contributed by atoms with Crippen molar-refractivity contribution in [3.8, 4) is 5.88 Å². The minimum Gasteiger partial charge on any atom is -0.474 e. The summed E-state index contributed by atoms with van der Waals surface area (Å²) in [7, 11) is -3.57. The second-order valence-electron chi connectivity index (χ2n) is 8.80. The van der Waals surface area contributed by atoms with Crippen LogP contribution in [0, 0.1) is 0 Å². The van der Waals surface area contributed by atoms with Crippen molar-refractivity contribution in [2.45, 2.75) is 62.6 Å². The fourth-order valence-corrected chi connectivity index (χ4v) is 5.63. The summed E-state index contributed by atoms with van der Waals surface area (Å²) in [5, 5.41) is 12.9. The van der Waals surface area contributed by atoms with E-state index in [0.717, 1.165) is 41.5 Å². The Morgan fingerprint density at radius 1 is 1.37 bits per heavy atom. The predicted molar refractivity (Wildman–Crippen MR) is 110 cm³/mol. The van der Waals surface area contributed by atoms with E-state index in [-0.39, 0.29) is 17.2 Å². The van der Waals surface area contributed by atoms with Crippen molar-refractivity contribution in [1.29, 1.82) is 0 Å². The number of anilines is 1. The summed E-state index contributed by atoms with van der Waals surface area (Å²) in [5.74, 6) is 0.269. The molecule has 1 aromatic carbocycles. The van der Waals surface area contributed by atoms with Crippen molar-refractivity contribution < 1.29 is 18.1 Å². The number of amides is 2. The minimum atomic E-state index is -3.57. The van der Waals surface area contributed by atoms with Crippen LogP contribution in [0.1, 0.15) is 42.5 Å². The maximum atomic E-state index is 14.0. The number of halogens is 1. The first-order valence-corrected chi connectivity index (χ1v) is 11.6. The van der Waals surface area contributed by atoms with E-state index >= 15 is 0 Å². The number of carbonyl (C=O) groups excluding carboxylic acids is 1. The standard InChI is InChI=1S/C20H24FN5O3S/c1-20(2)10-29-18-16(9-23-26(18)20)30(22,28)25-19(27)24-17-14-5-3-4-11(14)6-12-7-13(21)8-15(12)17/h6,9,13H,3-5,7-8,10H2,1-2H3,(H3,22,24,25,27,28). The Bertz CT molecular complexity index is 1200. The van der Waals surface area contributed by atoms with Gasteiger partial charge in [-0.2, -0.15) is 5.10 Å². The van der Waals surface area contributed by atoms with Gasteiger partial charge in [0.1, 0.15) is 17.7 Å². The van der Waals surface area contributed by atoms with E-state index in [0.29, 0.717) is 18.7 Å². The molecule has 1 aliphatic heterocycles. The van der Waals surface area contributed by atoms with Crippen LogP contribution in [0.15, 0.2) is 21.5 Å². The fourth-order valence-electron chi connectivity index (χ4n) is 4.64. The zero-order chi connectivity index (χ0) is 21.3. The molecule has 2 aromatic rings. The van der Waals surface area contributed by atoms with E-state index in [2.05, 4.69) is 20.8 Å². The SMILES string of the molecule is CC1(C)COc2c(S(N)(=O)=NC(=O)Nc3c4c(cc5c3CC(F)C5)CCC4)cnn21. The zero-order valence-electron chi connectivity index (χ0n) is 16.9. The summed E-state index contributed by atoms with van der Waals surface area (Å²) in [6, 6.07) is 1.25. The lowest BCUT2D eigenvalue weighted by atomic mass is 9.99. The van der Waals surface area contributed by atoms with Gasteiger partial charge in [0.2, 0.25) is 5.88 Å². The lowest BCUT2D eigenvalue weighted by molar-refractivity contribution is 0.259. The molecule has 30 heavy (non-hydrogen) atoms. The van der Waals surface area contributed by atoms with Gasteiger partial charge in [-0.25, -0.2) is 23.2 Å². The molecule has 160 valence electrons. The van der Waals surface area contributed by atoms with Crippen LogP contribution in [-0.4, -0.2) is 32.8 Å². The molecule has 1 aromatic heterocycles. The van der Waals surface area contributed by atoms with Gasteiger partial charge in [0.15, 0.2) is 9.92 Å². The molecule has 5 rings (SSSR count). The van der Waals surface area contributed by atoms with E-state index in [4.69, 9.17) is 9.88 Å². The van der Waals surface area contributed by atoms with Gasteiger partial charge in [0.25, 0.3) is 0 Å². The maximum Gasteiger partial charge on any atom is 0.354 e. The van der Waals surface area contributed by atoms with Crippen LogP contribution >= 0.6 is 0 Å². The Morgan fingerprint density at radius 2 is 2.17 bits per heavy atom. The first-order valence-electron chi connectivity index (χ1n) is 10.0. The number of fused-ring (bicyclic) bond motifs is 3. The number of hydrogen-bond acceptors (Lipinski definition) is 4. The molecule has 2 amide bonds. The molecule has 2 atom stereocenters. The molecule has 0 spiro atoms. The molecule has 0 bridgehead atoms. The van der Waals surface area contributed by atoms with Crippen molar-refractivity contribution in [3.63, 3.8) is 0 Å². The Morgan fingerprint density at radius 3 is 2.97 bits per heavy atom. The van der Waals surface area contributed by atoms with Gasteiger partial charge in [-0.15, -0.1) is 4.36 Å². The molecule has 3 N–H and O–H groups in total. The quantitative estimate of drug-likeness (QED) is 0.758. The molecular formula is C20H24FN5O3S. The van der Waals surface area contributed by atoms with Crippen LogP contribution < -0.4 is 15.2 Å². The Labute approximate surface area is 174 Å². The highest BCUT2D eigenvalue weighted by atomic mass is 32.2. The Kier molecular flexibility index (Phi) is 4.24. The first-order chi connectivity index (χ1) is 14.2. The third-order valence-corrected chi connectivity index (χ3v) is 7.41. The molecule has 0 fully saturated rings. The average molecular weight is 434 g/mol. The van der Waals surface area contributed by atoms with Crippen molar-refractivity contribution in [2.24, 2.45) is 9.50 Å². The molecule has 10 heteroatoms. The second kappa shape index (κ2) is 6.52. The van der Waals surface area contributed by atoms with Crippen LogP contribution in [0.4, 0.5) is 14.9 Å². The lowest BCUT2D eigenvalue weighted by Crippen LogP contribution is -2.26. The Balaban J connectivity index is 1.49. The number of benzene rings is 1. The summed E-state index contributed by atoms with van der Waals surface area (Å²) in [5.41, 5.74) is 4.10. The normalized spacial score (nSPS) is 22.6. The van der Waals surface area contributed by atoms with E-state index < -0.39 is 27.7 Å². The smallest absolute Gasteiger partial charge is 0.354 e. The molecule has 2 heterocycles. The molecular weight excluding hydrogens is 409 g/mol. The summed E-state index contributed by atoms with van der Waals surface area (Å²) in [6.07, 6.45) is 3.70. The van der Waals surface area contributed by atoms with Crippen LogP contribution in [0.3, 0.4) is 0 Å². The molecule has 2 unspecified atom stereocenters. The van der Waals surface area contributed by atoms with Gasteiger partial charge in [-0.1, -0.05) is 6.07 Å². The van der Waals surface area contributed by atoms with Crippen LogP contribution in [0.5, 0.6) is 5.88 Å². The second-order valence-corrected chi connectivity index (χ2v) is 10.6. The molecule has 2 aliphatic carbocycles. The number of nitrogens with zero attached hydrogens (tertiary/aromatic N) is 3. The predicted octanol–water partition coefficient (Wildman–Crippen LogP) is 2.87. The number of carbonyl (C=O) groups is 1. The van der Waals surface area contributed by atoms with E-state index in [1.165, 1.54) is 6.20 Å². The number of nitrogens with two attached hydrogens (primary N) is 1. The fraction of sp³-hybridized carbons (Fsp3) is 0.500. The van der Waals surface area contributed by atoms with Gasteiger partial charge in [0.05, 0.1) is 11.7 Å². The van der Waals surface area contributed by atoms with Crippen molar-refractivity contribution in [2.75, 3.05) is 11.9 Å². The molecule has 0 saturated heterocycles. The minimum absolute atomic E-state index is 0.0931. The number of rotatable bonds is 2. The Hall–Kier alpha value is -2.46. The van der Waals surface area contributed by atoms with Crippen molar-refractivity contribution >= 4 is 21.6 Å². The number of alkyl halides is 1. The van der Waals surface area contributed by atoms with E-state index in [1.54, 1.807) is 4.68 Å². The van der Waals surface area contributed by atoms with Crippen LogP contribution in [0.2, 0.25) is 0 Å². The van der Waals surface area contributed by atoms with Crippen molar-refractivity contribution in [1.82, 2.24) is 9.78 Å². The van der Waals surface area contributed by atoms with E-state index in [1.807, 2.05) is 13.8 Å². The maximum absolute atomic E-state index is 14.0. The summed E-state index contributed by atoms with van der Waals surface area (Å²) < 4.78 is 38.1. The number of ether oxygens (including phenoxy) is 1. The molecule has 3 aliphatic rings. The summed E-state index contributed by atoms with van der Waals surface area (Å²) >= 11 is 0. The number of aryl methyl sites for hydroxylation is 1. The van der Waals surface area contributed by atoms with Gasteiger partial charge in [-0.05, 0) is 55.4 Å². The average Bonchev–Trinajstić information content (AvgIpc) is 3.39. The number of aromatic nitrogens is 2. The highest BCUT2D eigenvalue weighted by Gasteiger charge is 2.37. The number of urea groups is 1. The summed E-state index contributed by atoms with van der Waals surface area (Å²) in [6.45, 7) is 4.21. The summed E-state index contributed by atoms with van der Waals surface area (Å²) in [4.78, 5) is 12.8.